The first-order chi connectivity index (χ1) is 10.8. The number of hydrogen-bond donors (Lipinski definition) is 3. The number of benzene rings is 1. The summed E-state index contributed by atoms with van der Waals surface area (Å²) in [6.07, 6.45) is -0.717. The highest BCUT2D eigenvalue weighted by Crippen LogP contribution is 2.40. The van der Waals surface area contributed by atoms with Gasteiger partial charge in [0.15, 0.2) is 0 Å². The number of amides is 1. The summed E-state index contributed by atoms with van der Waals surface area (Å²) in [7, 11) is 0. The van der Waals surface area contributed by atoms with E-state index in [-0.39, 0.29) is 22.9 Å². The predicted molar refractivity (Wildman–Crippen MR) is 87.1 cm³/mol. The Bertz CT molecular complexity index is 844. The average Bonchev–Trinajstić information content (AvgIpc) is 2.76. The minimum Gasteiger partial charge on any atom is -0.507 e. The van der Waals surface area contributed by atoms with Crippen molar-refractivity contribution in [1.29, 1.82) is 0 Å². The molecule has 2 aromatic rings. The fourth-order valence-corrected chi connectivity index (χ4v) is 3.73. The van der Waals surface area contributed by atoms with Crippen LogP contribution in [0, 0.1) is 30.9 Å². The number of nitro groups is 1. The molecule has 1 aliphatic heterocycles. The highest BCUT2D eigenvalue weighted by molar-refractivity contribution is 7.16. The van der Waals surface area contributed by atoms with Crippen LogP contribution in [0.25, 0.3) is 0 Å². The molecule has 1 aromatic heterocycles. The van der Waals surface area contributed by atoms with E-state index in [4.69, 9.17) is 0 Å². The number of anilines is 1. The zero-order chi connectivity index (χ0) is 16.9. The maximum Gasteiger partial charge on any atom is 0.270 e. The quantitative estimate of drug-likeness (QED) is 0.578. The Kier molecular flexibility index (Phi) is 3.48. The number of rotatable bonds is 2. The Morgan fingerprint density at radius 3 is 2.61 bits per heavy atom. The van der Waals surface area contributed by atoms with Gasteiger partial charge in [-0.15, -0.1) is 11.3 Å². The lowest BCUT2D eigenvalue weighted by Gasteiger charge is -2.27. The third-order valence-corrected chi connectivity index (χ3v) is 5.14. The van der Waals surface area contributed by atoms with Gasteiger partial charge in [0.25, 0.3) is 11.6 Å². The molecule has 1 amide bonds. The van der Waals surface area contributed by atoms with Crippen molar-refractivity contribution in [3.05, 3.63) is 49.4 Å². The van der Waals surface area contributed by atoms with Crippen molar-refractivity contribution in [3.8, 4) is 5.75 Å². The number of carbonyl (C=O) groups excluding carboxylic acids is 1. The summed E-state index contributed by atoms with van der Waals surface area (Å²) in [6.45, 7) is 5.39. The van der Waals surface area contributed by atoms with Crippen LogP contribution in [0.15, 0.2) is 12.1 Å². The number of carbonyl (C=O) groups is 1. The van der Waals surface area contributed by atoms with E-state index in [2.05, 4.69) is 10.6 Å². The molecule has 0 aliphatic carbocycles. The van der Waals surface area contributed by atoms with Crippen molar-refractivity contribution in [1.82, 2.24) is 5.32 Å². The van der Waals surface area contributed by atoms with Gasteiger partial charge >= 0.3 is 0 Å². The number of nitrogens with zero attached hydrogens (tertiary/aromatic N) is 1. The third-order valence-electron chi connectivity index (χ3n) is 4.00. The number of thiophene rings is 1. The number of aryl methyl sites for hydroxylation is 2. The van der Waals surface area contributed by atoms with Crippen LogP contribution in [0.1, 0.15) is 38.1 Å². The number of phenolic OH excluding ortho intramolecular Hbond substituents is 1. The van der Waals surface area contributed by atoms with Gasteiger partial charge < -0.3 is 15.7 Å². The lowest BCUT2D eigenvalue weighted by atomic mass is 10.0. The fourth-order valence-electron chi connectivity index (χ4n) is 2.64. The molecular formula is C15H15N3O4S. The van der Waals surface area contributed by atoms with Crippen molar-refractivity contribution < 1.29 is 14.8 Å². The lowest BCUT2D eigenvalue weighted by Crippen LogP contribution is -2.38. The number of fused-ring (bicyclic) bond motifs is 1. The Hall–Kier alpha value is -2.61. The van der Waals surface area contributed by atoms with Gasteiger partial charge in [0.1, 0.15) is 16.9 Å². The second kappa shape index (κ2) is 5.24. The molecule has 2 heterocycles. The maximum absolute atomic E-state index is 12.4. The molecule has 0 saturated heterocycles. The maximum atomic E-state index is 12.4. The lowest BCUT2D eigenvalue weighted by molar-refractivity contribution is -0.385. The first kappa shape index (κ1) is 15.3. The summed E-state index contributed by atoms with van der Waals surface area (Å²) in [5.74, 6) is -0.323. The molecule has 0 saturated carbocycles. The van der Waals surface area contributed by atoms with Gasteiger partial charge in [-0.2, -0.15) is 0 Å². The Balaban J connectivity index is 2.07. The first-order valence-electron chi connectivity index (χ1n) is 6.95. The van der Waals surface area contributed by atoms with Crippen LogP contribution in [0.4, 0.5) is 10.7 Å². The topological polar surface area (TPSA) is 105 Å². The van der Waals surface area contributed by atoms with E-state index in [1.807, 2.05) is 13.8 Å². The molecule has 0 radical (unpaired) electrons. The van der Waals surface area contributed by atoms with E-state index in [9.17, 15) is 20.0 Å². The Morgan fingerprint density at radius 2 is 1.96 bits per heavy atom. The van der Waals surface area contributed by atoms with Crippen LogP contribution in [0.3, 0.4) is 0 Å². The number of phenols is 1. The van der Waals surface area contributed by atoms with Gasteiger partial charge in [-0.25, -0.2) is 0 Å². The second-order valence-corrected chi connectivity index (χ2v) is 6.72. The highest BCUT2D eigenvalue weighted by Gasteiger charge is 2.31. The largest absolute Gasteiger partial charge is 0.507 e. The van der Waals surface area contributed by atoms with Crippen molar-refractivity contribution in [3.63, 3.8) is 0 Å². The molecule has 0 spiro atoms. The minimum atomic E-state index is -0.717. The molecule has 1 aromatic carbocycles. The van der Waals surface area contributed by atoms with E-state index in [1.54, 1.807) is 6.92 Å². The Labute approximate surface area is 136 Å². The number of hydrogen-bond acceptors (Lipinski definition) is 6. The number of nitrogens with one attached hydrogen (secondary N) is 2. The normalized spacial score (nSPS) is 16.5. The molecular weight excluding hydrogens is 318 g/mol. The van der Waals surface area contributed by atoms with E-state index >= 15 is 0 Å². The average molecular weight is 333 g/mol. The number of non-ortho nitro benzene ring substituents is 1. The van der Waals surface area contributed by atoms with Gasteiger partial charge in [0.2, 0.25) is 0 Å². The molecule has 0 fully saturated rings. The van der Waals surface area contributed by atoms with Crippen LogP contribution < -0.4 is 10.6 Å². The van der Waals surface area contributed by atoms with E-state index < -0.39 is 11.1 Å². The molecule has 120 valence electrons. The Morgan fingerprint density at radius 1 is 1.26 bits per heavy atom. The third kappa shape index (κ3) is 2.40. The first-order valence-corrected chi connectivity index (χ1v) is 7.76. The number of nitro benzene ring substituents is 1. The number of aromatic hydroxyl groups is 1. The summed E-state index contributed by atoms with van der Waals surface area (Å²) in [6, 6.07) is 2.58. The summed E-state index contributed by atoms with van der Waals surface area (Å²) >= 11 is 1.45. The van der Waals surface area contributed by atoms with E-state index in [0.29, 0.717) is 16.1 Å². The van der Waals surface area contributed by atoms with Crippen LogP contribution in [0.2, 0.25) is 0 Å². The molecule has 7 nitrogen and oxygen atoms in total. The smallest absolute Gasteiger partial charge is 0.270 e. The minimum absolute atomic E-state index is 0.0677. The molecule has 8 heteroatoms. The van der Waals surface area contributed by atoms with Gasteiger partial charge in [0, 0.05) is 22.6 Å². The van der Waals surface area contributed by atoms with Crippen LogP contribution in [0.5, 0.6) is 5.75 Å². The monoisotopic (exact) mass is 333 g/mol. The van der Waals surface area contributed by atoms with Crippen molar-refractivity contribution in [2.75, 3.05) is 5.32 Å². The summed E-state index contributed by atoms with van der Waals surface area (Å²) in [5.41, 5.74) is 2.03. The summed E-state index contributed by atoms with van der Waals surface area (Å²) < 4.78 is 0. The highest BCUT2D eigenvalue weighted by atomic mass is 32.1. The van der Waals surface area contributed by atoms with Gasteiger partial charge in [-0.05, 0) is 31.9 Å². The molecule has 0 bridgehead atoms. The molecule has 3 N–H and O–H groups in total. The van der Waals surface area contributed by atoms with Crippen molar-refractivity contribution in [2.45, 2.75) is 26.9 Å². The molecule has 1 unspecified atom stereocenters. The molecule has 23 heavy (non-hydrogen) atoms. The summed E-state index contributed by atoms with van der Waals surface area (Å²) in [5, 5.41) is 27.9. The SMILES string of the molecule is Cc1cc([N+](=O)[O-])cc(C2NC(=O)c3c(sc(C)c3C)N2)c1O. The second-order valence-electron chi connectivity index (χ2n) is 5.50. The van der Waals surface area contributed by atoms with E-state index in [1.165, 1.54) is 23.5 Å². The standard InChI is InChI=1S/C15H15N3O4S/c1-6-4-9(18(21)22)5-10(12(6)19)13-16-14(20)11-7(2)8(3)23-15(11)17-13/h4-5,13,17,19H,1-3H3,(H,16,20). The van der Waals surface area contributed by atoms with Crippen LogP contribution in [-0.2, 0) is 0 Å². The van der Waals surface area contributed by atoms with Crippen molar-refractivity contribution >= 4 is 27.9 Å². The molecule has 1 aliphatic rings. The zero-order valence-corrected chi connectivity index (χ0v) is 13.6. The van der Waals surface area contributed by atoms with Gasteiger partial charge in [-0.3, -0.25) is 14.9 Å². The van der Waals surface area contributed by atoms with E-state index in [0.717, 1.165) is 10.4 Å². The van der Waals surface area contributed by atoms with Gasteiger partial charge in [0.05, 0.1) is 10.5 Å². The van der Waals surface area contributed by atoms with Crippen molar-refractivity contribution in [2.24, 2.45) is 0 Å². The van der Waals surface area contributed by atoms with Gasteiger partial charge in [-0.1, -0.05) is 0 Å². The predicted octanol–water partition coefficient (Wildman–Crippen LogP) is 3.14. The molecule has 3 rings (SSSR count). The van der Waals surface area contributed by atoms with Crippen LogP contribution in [-0.4, -0.2) is 15.9 Å². The fraction of sp³-hybridized carbons (Fsp3) is 0.267. The van der Waals surface area contributed by atoms with Crippen LogP contribution >= 0.6 is 11.3 Å². The zero-order valence-electron chi connectivity index (χ0n) is 12.8. The summed E-state index contributed by atoms with van der Waals surface area (Å²) in [4.78, 5) is 23.9. The molecule has 1 atom stereocenters.